The summed E-state index contributed by atoms with van der Waals surface area (Å²) in [6, 6.07) is 0. The summed E-state index contributed by atoms with van der Waals surface area (Å²) in [7, 11) is 0. The van der Waals surface area contributed by atoms with E-state index in [9.17, 15) is 4.79 Å². The zero-order valence-corrected chi connectivity index (χ0v) is 16.4. The zero-order chi connectivity index (χ0) is 19.8. The van der Waals surface area contributed by atoms with E-state index < -0.39 is 0 Å². The molecule has 0 heterocycles. The van der Waals surface area contributed by atoms with Gasteiger partial charge in [0.2, 0.25) is 0 Å². The van der Waals surface area contributed by atoms with Crippen molar-refractivity contribution in [1.82, 2.24) is 0 Å². The van der Waals surface area contributed by atoms with Gasteiger partial charge in [-0.1, -0.05) is 12.8 Å². The second kappa shape index (κ2) is 22.8. The molecule has 0 spiro atoms. The molecule has 0 aromatic heterocycles. The number of hydrogen-bond donors (Lipinski definition) is 0. The molecule has 0 saturated heterocycles. The summed E-state index contributed by atoms with van der Waals surface area (Å²) < 4.78 is 36.7. The first-order chi connectivity index (χ1) is 13.3. The third-order valence-corrected chi connectivity index (χ3v) is 2.99. The minimum Gasteiger partial charge on any atom is -0.463 e. The van der Waals surface area contributed by atoms with Crippen molar-refractivity contribution < 1.29 is 38.0 Å². The summed E-state index contributed by atoms with van der Waals surface area (Å²) in [5, 5.41) is 0. The molecule has 0 rings (SSSR count). The Kier molecular flexibility index (Phi) is 21.8. The smallest absolute Gasteiger partial charge is 0.305 e. The van der Waals surface area contributed by atoms with Crippen molar-refractivity contribution in [3.05, 3.63) is 0 Å². The van der Waals surface area contributed by atoms with E-state index in [4.69, 9.17) is 39.6 Å². The number of ether oxygens (including phenoxy) is 7. The van der Waals surface area contributed by atoms with Gasteiger partial charge >= 0.3 is 5.97 Å². The van der Waals surface area contributed by atoms with Gasteiger partial charge in [-0.2, -0.15) is 0 Å². The molecule has 0 aromatic carbocycles. The van der Waals surface area contributed by atoms with Gasteiger partial charge in [0.25, 0.3) is 0 Å². The van der Waals surface area contributed by atoms with Crippen LogP contribution in [0.2, 0.25) is 0 Å². The third kappa shape index (κ3) is 22.7. The maximum absolute atomic E-state index is 11.1. The average molecular weight is 390 g/mol. The van der Waals surface area contributed by atoms with Crippen LogP contribution in [-0.2, 0) is 38.0 Å². The van der Waals surface area contributed by atoms with Crippen molar-refractivity contribution in [2.45, 2.75) is 19.8 Å². The van der Waals surface area contributed by atoms with Crippen molar-refractivity contribution in [3.8, 4) is 12.3 Å². The SMILES string of the molecule is C#CCOCCOCCOCCOCCOCCOCCOC(=O)CCC. The van der Waals surface area contributed by atoms with E-state index in [-0.39, 0.29) is 12.6 Å². The van der Waals surface area contributed by atoms with Crippen LogP contribution >= 0.6 is 0 Å². The Morgan fingerprint density at radius 1 is 0.667 bits per heavy atom. The molecule has 0 atom stereocenters. The van der Waals surface area contributed by atoms with Gasteiger partial charge in [-0.25, -0.2) is 0 Å². The molecule has 0 saturated carbocycles. The van der Waals surface area contributed by atoms with Gasteiger partial charge < -0.3 is 33.2 Å². The van der Waals surface area contributed by atoms with Crippen molar-refractivity contribution in [2.24, 2.45) is 0 Å². The molecule has 27 heavy (non-hydrogen) atoms. The van der Waals surface area contributed by atoms with Crippen LogP contribution in [0.3, 0.4) is 0 Å². The predicted octanol–water partition coefficient (Wildman–Crippen LogP) is 1.06. The van der Waals surface area contributed by atoms with Crippen LogP contribution in [0, 0.1) is 12.3 Å². The first-order valence-corrected chi connectivity index (χ1v) is 9.36. The highest BCUT2D eigenvalue weighted by Crippen LogP contribution is 1.91. The van der Waals surface area contributed by atoms with Crippen molar-refractivity contribution >= 4 is 5.97 Å². The van der Waals surface area contributed by atoms with Gasteiger partial charge in [0.15, 0.2) is 0 Å². The summed E-state index contributed by atoms with van der Waals surface area (Å²) in [5.74, 6) is 2.20. The third-order valence-electron chi connectivity index (χ3n) is 2.99. The fourth-order valence-electron chi connectivity index (χ4n) is 1.72. The molecule has 0 amide bonds. The highest BCUT2D eigenvalue weighted by molar-refractivity contribution is 5.69. The summed E-state index contributed by atoms with van der Waals surface area (Å²) in [6.45, 7) is 7.89. The van der Waals surface area contributed by atoms with E-state index in [1.165, 1.54) is 0 Å². The largest absolute Gasteiger partial charge is 0.463 e. The van der Waals surface area contributed by atoms with E-state index in [1.54, 1.807) is 0 Å². The Labute approximate surface area is 162 Å². The monoisotopic (exact) mass is 390 g/mol. The Balaban J connectivity index is 3.03. The van der Waals surface area contributed by atoms with Gasteiger partial charge in [0.1, 0.15) is 13.2 Å². The van der Waals surface area contributed by atoms with Crippen LogP contribution < -0.4 is 0 Å². The van der Waals surface area contributed by atoms with E-state index in [1.807, 2.05) is 6.92 Å². The van der Waals surface area contributed by atoms with Crippen LogP contribution in [0.4, 0.5) is 0 Å². The van der Waals surface area contributed by atoms with Gasteiger partial charge in [0.05, 0.1) is 72.7 Å². The summed E-state index contributed by atoms with van der Waals surface area (Å²) in [6.07, 6.45) is 6.29. The van der Waals surface area contributed by atoms with Gasteiger partial charge in [-0.15, -0.1) is 6.42 Å². The lowest BCUT2D eigenvalue weighted by Gasteiger charge is -2.08. The fourth-order valence-corrected chi connectivity index (χ4v) is 1.72. The lowest BCUT2D eigenvalue weighted by atomic mass is 10.3. The topological polar surface area (TPSA) is 81.7 Å². The normalized spacial score (nSPS) is 10.7. The molecule has 0 unspecified atom stereocenters. The van der Waals surface area contributed by atoms with E-state index in [0.29, 0.717) is 85.7 Å². The van der Waals surface area contributed by atoms with Crippen molar-refractivity contribution in [1.29, 1.82) is 0 Å². The van der Waals surface area contributed by atoms with Gasteiger partial charge in [-0.3, -0.25) is 4.79 Å². The molecular formula is C19H34O8. The lowest BCUT2D eigenvalue weighted by molar-refractivity contribution is -0.145. The fraction of sp³-hybridized carbons (Fsp3) is 0.842. The van der Waals surface area contributed by atoms with Crippen LogP contribution in [0.1, 0.15) is 19.8 Å². The van der Waals surface area contributed by atoms with Crippen LogP contribution in [0.25, 0.3) is 0 Å². The van der Waals surface area contributed by atoms with Crippen LogP contribution in [0.15, 0.2) is 0 Å². The van der Waals surface area contributed by atoms with Crippen molar-refractivity contribution in [3.63, 3.8) is 0 Å². The highest BCUT2D eigenvalue weighted by Gasteiger charge is 1.99. The molecule has 8 heteroatoms. The molecular weight excluding hydrogens is 356 g/mol. The minimum atomic E-state index is -0.184. The summed E-state index contributed by atoms with van der Waals surface area (Å²) >= 11 is 0. The van der Waals surface area contributed by atoms with E-state index in [0.717, 1.165) is 6.42 Å². The number of hydrogen-bond acceptors (Lipinski definition) is 8. The van der Waals surface area contributed by atoms with Gasteiger partial charge in [-0.05, 0) is 6.42 Å². The maximum atomic E-state index is 11.1. The Hall–Kier alpha value is -1.21. The first-order valence-electron chi connectivity index (χ1n) is 9.36. The number of carbonyl (C=O) groups is 1. The number of terminal acetylenes is 1. The zero-order valence-electron chi connectivity index (χ0n) is 16.4. The second-order valence-corrected chi connectivity index (χ2v) is 5.29. The van der Waals surface area contributed by atoms with E-state index in [2.05, 4.69) is 5.92 Å². The Bertz CT molecular complexity index is 356. The van der Waals surface area contributed by atoms with Gasteiger partial charge in [0, 0.05) is 6.42 Å². The maximum Gasteiger partial charge on any atom is 0.305 e. The average Bonchev–Trinajstić information content (AvgIpc) is 2.66. The Morgan fingerprint density at radius 3 is 1.41 bits per heavy atom. The minimum absolute atomic E-state index is 0.184. The number of carbonyl (C=O) groups excluding carboxylic acids is 1. The standard InChI is InChI=1S/C19H34O8/c1-3-5-19(20)27-18-17-26-16-15-25-14-13-24-12-11-23-10-9-22-8-7-21-6-4-2/h2H,3,5-18H2,1H3. The molecule has 0 aromatic rings. The highest BCUT2D eigenvalue weighted by atomic mass is 16.6. The molecule has 0 fully saturated rings. The summed E-state index contributed by atoms with van der Waals surface area (Å²) in [5.41, 5.74) is 0. The molecule has 8 nitrogen and oxygen atoms in total. The molecule has 158 valence electrons. The Morgan fingerprint density at radius 2 is 1.04 bits per heavy atom. The second-order valence-electron chi connectivity index (χ2n) is 5.29. The molecule has 0 aliphatic carbocycles. The predicted molar refractivity (Wildman–Crippen MR) is 99.6 cm³/mol. The summed E-state index contributed by atoms with van der Waals surface area (Å²) in [4.78, 5) is 11.1. The molecule has 0 bridgehead atoms. The number of rotatable bonds is 21. The molecule has 0 aliphatic rings. The molecule has 0 N–H and O–H groups in total. The van der Waals surface area contributed by atoms with Crippen LogP contribution in [0.5, 0.6) is 0 Å². The quantitative estimate of drug-likeness (QED) is 0.164. The van der Waals surface area contributed by atoms with E-state index >= 15 is 0 Å². The number of esters is 1. The molecule has 0 radical (unpaired) electrons. The van der Waals surface area contributed by atoms with Crippen LogP contribution in [-0.4, -0.2) is 91.9 Å². The molecule has 0 aliphatic heterocycles. The lowest BCUT2D eigenvalue weighted by Crippen LogP contribution is -2.15. The van der Waals surface area contributed by atoms with Crippen molar-refractivity contribution in [2.75, 3.05) is 85.9 Å². The first kappa shape index (κ1) is 25.8.